The van der Waals surface area contributed by atoms with Crippen LogP contribution in [0.25, 0.3) is 5.65 Å². The second-order valence-electron chi connectivity index (χ2n) is 3.85. The zero-order valence-electron chi connectivity index (χ0n) is 8.73. The molecule has 0 radical (unpaired) electrons. The van der Waals surface area contributed by atoms with Crippen LogP contribution in [0.15, 0.2) is 12.3 Å². The molecule has 2 aromatic rings. The molecule has 78 valence electrons. The Morgan fingerprint density at radius 3 is 3.07 bits per heavy atom. The lowest BCUT2D eigenvalue weighted by Crippen LogP contribution is -2.11. The van der Waals surface area contributed by atoms with Crippen LogP contribution in [0.1, 0.15) is 24.1 Å². The van der Waals surface area contributed by atoms with Gasteiger partial charge < -0.3 is 4.74 Å². The van der Waals surface area contributed by atoms with Crippen molar-refractivity contribution in [3.8, 4) is 5.88 Å². The summed E-state index contributed by atoms with van der Waals surface area (Å²) in [7, 11) is 1.70. The van der Waals surface area contributed by atoms with Gasteiger partial charge in [-0.05, 0) is 25.7 Å². The van der Waals surface area contributed by atoms with Crippen molar-refractivity contribution in [2.45, 2.75) is 25.7 Å². The zero-order chi connectivity index (χ0) is 10.3. The SMILES string of the molecule is COc1c2c(nc3ccnn13)CCCC2. The molecule has 4 heteroatoms. The van der Waals surface area contributed by atoms with E-state index in [1.165, 1.54) is 24.1 Å². The molecular formula is C11H13N3O. The highest BCUT2D eigenvalue weighted by atomic mass is 16.5. The lowest BCUT2D eigenvalue weighted by Gasteiger charge is -2.18. The summed E-state index contributed by atoms with van der Waals surface area (Å²) < 4.78 is 7.23. The third-order valence-electron chi connectivity index (χ3n) is 2.95. The molecule has 0 aromatic carbocycles. The topological polar surface area (TPSA) is 39.4 Å². The van der Waals surface area contributed by atoms with Gasteiger partial charge in [-0.3, -0.25) is 0 Å². The van der Waals surface area contributed by atoms with Gasteiger partial charge >= 0.3 is 0 Å². The molecule has 0 spiro atoms. The van der Waals surface area contributed by atoms with Crippen molar-refractivity contribution >= 4 is 5.65 Å². The number of hydrogen-bond donors (Lipinski definition) is 0. The van der Waals surface area contributed by atoms with Crippen molar-refractivity contribution in [1.29, 1.82) is 0 Å². The number of fused-ring (bicyclic) bond motifs is 2. The lowest BCUT2D eigenvalue weighted by atomic mass is 9.97. The second-order valence-corrected chi connectivity index (χ2v) is 3.85. The van der Waals surface area contributed by atoms with Crippen molar-refractivity contribution < 1.29 is 4.74 Å². The summed E-state index contributed by atoms with van der Waals surface area (Å²) in [4.78, 5) is 4.60. The van der Waals surface area contributed by atoms with Gasteiger partial charge in [-0.15, -0.1) is 0 Å². The third kappa shape index (κ3) is 1.21. The van der Waals surface area contributed by atoms with E-state index in [9.17, 15) is 0 Å². The van der Waals surface area contributed by atoms with Gasteiger partial charge in [0.05, 0.1) is 19.0 Å². The van der Waals surface area contributed by atoms with E-state index in [4.69, 9.17) is 4.74 Å². The Morgan fingerprint density at radius 2 is 2.20 bits per heavy atom. The minimum absolute atomic E-state index is 0.861. The Labute approximate surface area is 87.9 Å². The van der Waals surface area contributed by atoms with Gasteiger partial charge in [0.25, 0.3) is 0 Å². The molecule has 0 fully saturated rings. The van der Waals surface area contributed by atoms with Gasteiger partial charge in [-0.25, -0.2) is 4.98 Å². The first kappa shape index (κ1) is 8.71. The highest BCUT2D eigenvalue weighted by molar-refractivity contribution is 5.46. The Morgan fingerprint density at radius 1 is 1.33 bits per heavy atom. The summed E-state index contributed by atoms with van der Waals surface area (Å²) in [5.74, 6) is 0.861. The van der Waals surface area contributed by atoms with Crippen molar-refractivity contribution in [2.75, 3.05) is 7.11 Å². The lowest BCUT2D eigenvalue weighted by molar-refractivity contribution is 0.375. The Hall–Kier alpha value is -1.58. The number of aryl methyl sites for hydroxylation is 1. The average molecular weight is 203 g/mol. The molecule has 2 aromatic heterocycles. The van der Waals surface area contributed by atoms with Gasteiger partial charge in [0, 0.05) is 11.6 Å². The number of aromatic nitrogens is 3. The van der Waals surface area contributed by atoms with E-state index in [1.54, 1.807) is 17.8 Å². The number of ether oxygens (including phenoxy) is 1. The maximum atomic E-state index is 5.44. The Balaban J connectivity index is 2.34. The van der Waals surface area contributed by atoms with Crippen LogP contribution < -0.4 is 4.74 Å². The largest absolute Gasteiger partial charge is 0.481 e. The molecule has 4 nitrogen and oxygen atoms in total. The normalized spacial score (nSPS) is 15.3. The first-order chi connectivity index (χ1) is 7.40. The molecule has 0 bridgehead atoms. The smallest absolute Gasteiger partial charge is 0.221 e. The van der Waals surface area contributed by atoms with Crippen molar-refractivity contribution in [1.82, 2.24) is 14.6 Å². The van der Waals surface area contributed by atoms with Crippen LogP contribution in [-0.4, -0.2) is 21.7 Å². The van der Waals surface area contributed by atoms with E-state index in [1.807, 2.05) is 6.07 Å². The van der Waals surface area contributed by atoms with E-state index in [0.717, 1.165) is 24.4 Å². The molecule has 0 atom stereocenters. The second kappa shape index (κ2) is 3.22. The first-order valence-corrected chi connectivity index (χ1v) is 5.29. The van der Waals surface area contributed by atoms with Crippen LogP contribution in [0.4, 0.5) is 0 Å². The van der Waals surface area contributed by atoms with Gasteiger partial charge in [-0.1, -0.05) is 0 Å². The highest BCUT2D eigenvalue weighted by Crippen LogP contribution is 2.28. The molecule has 2 heterocycles. The minimum atomic E-state index is 0.861. The Kier molecular flexibility index (Phi) is 1.87. The monoisotopic (exact) mass is 203 g/mol. The molecule has 15 heavy (non-hydrogen) atoms. The number of rotatable bonds is 1. The van der Waals surface area contributed by atoms with Gasteiger partial charge in [-0.2, -0.15) is 9.61 Å². The zero-order valence-corrected chi connectivity index (χ0v) is 8.73. The first-order valence-electron chi connectivity index (χ1n) is 5.29. The highest BCUT2D eigenvalue weighted by Gasteiger charge is 2.18. The van der Waals surface area contributed by atoms with Crippen molar-refractivity contribution in [3.05, 3.63) is 23.5 Å². The van der Waals surface area contributed by atoms with Crippen LogP contribution in [0, 0.1) is 0 Å². The summed E-state index contributed by atoms with van der Waals surface area (Å²) in [5, 5.41) is 4.23. The summed E-state index contributed by atoms with van der Waals surface area (Å²) in [5.41, 5.74) is 3.30. The van der Waals surface area contributed by atoms with Crippen LogP contribution in [-0.2, 0) is 12.8 Å². The standard InChI is InChI=1S/C11H13N3O/c1-15-11-8-4-2-3-5-9(8)13-10-6-7-12-14(10)11/h6-7H,2-5H2,1H3. The van der Waals surface area contributed by atoms with Gasteiger partial charge in [0.1, 0.15) is 0 Å². The van der Waals surface area contributed by atoms with Gasteiger partial charge in [0.15, 0.2) is 5.65 Å². The molecule has 0 amide bonds. The maximum Gasteiger partial charge on any atom is 0.221 e. The van der Waals surface area contributed by atoms with E-state index in [0.29, 0.717) is 0 Å². The molecule has 0 saturated carbocycles. The van der Waals surface area contributed by atoms with E-state index < -0.39 is 0 Å². The fourth-order valence-corrected chi connectivity index (χ4v) is 2.26. The number of methoxy groups -OCH3 is 1. The molecule has 0 N–H and O–H groups in total. The van der Waals surface area contributed by atoms with Crippen LogP contribution >= 0.6 is 0 Å². The summed E-state index contributed by atoms with van der Waals surface area (Å²) >= 11 is 0. The van der Waals surface area contributed by atoms with Gasteiger partial charge in [0.2, 0.25) is 5.88 Å². The molecule has 1 aliphatic carbocycles. The summed E-state index contributed by atoms with van der Waals surface area (Å²) in [6.07, 6.45) is 6.33. The fourth-order valence-electron chi connectivity index (χ4n) is 2.26. The number of hydrogen-bond acceptors (Lipinski definition) is 3. The average Bonchev–Trinajstić information content (AvgIpc) is 2.73. The molecule has 3 rings (SSSR count). The van der Waals surface area contributed by atoms with E-state index >= 15 is 0 Å². The van der Waals surface area contributed by atoms with E-state index in [2.05, 4.69) is 10.1 Å². The Bertz CT molecular complexity index is 504. The number of nitrogens with zero attached hydrogens (tertiary/aromatic N) is 3. The molecule has 1 aliphatic rings. The third-order valence-corrected chi connectivity index (χ3v) is 2.95. The van der Waals surface area contributed by atoms with Crippen LogP contribution in [0.3, 0.4) is 0 Å². The molecule has 0 aliphatic heterocycles. The minimum Gasteiger partial charge on any atom is -0.481 e. The van der Waals surface area contributed by atoms with Crippen molar-refractivity contribution in [3.63, 3.8) is 0 Å². The molecule has 0 saturated heterocycles. The molecule has 0 unspecified atom stereocenters. The van der Waals surface area contributed by atoms with E-state index in [-0.39, 0.29) is 0 Å². The van der Waals surface area contributed by atoms with Crippen molar-refractivity contribution in [2.24, 2.45) is 0 Å². The summed E-state index contributed by atoms with van der Waals surface area (Å²) in [6.45, 7) is 0. The van der Waals surface area contributed by atoms with Crippen LogP contribution in [0.2, 0.25) is 0 Å². The predicted molar refractivity (Wildman–Crippen MR) is 56.2 cm³/mol. The molecular weight excluding hydrogens is 190 g/mol. The fraction of sp³-hybridized carbons (Fsp3) is 0.455. The maximum absolute atomic E-state index is 5.44. The van der Waals surface area contributed by atoms with Crippen LogP contribution in [0.5, 0.6) is 5.88 Å². The summed E-state index contributed by atoms with van der Waals surface area (Å²) in [6, 6.07) is 1.91. The quantitative estimate of drug-likeness (QED) is 0.707. The predicted octanol–water partition coefficient (Wildman–Crippen LogP) is 1.62.